The molecule has 0 rings (SSSR count). The highest BCUT2D eigenvalue weighted by Crippen LogP contribution is 1.99. The van der Waals surface area contributed by atoms with Gasteiger partial charge in [0, 0.05) is 6.92 Å². The maximum absolute atomic E-state index is 5.07. The van der Waals surface area contributed by atoms with Crippen molar-refractivity contribution in [2.75, 3.05) is 6.61 Å². The zero-order valence-corrected chi connectivity index (χ0v) is 7.60. The molecule has 0 aromatic heterocycles. The molecule has 0 amide bonds. The third-order valence-corrected chi connectivity index (χ3v) is 0.918. The molecule has 0 heterocycles. The quantitative estimate of drug-likeness (QED) is 0.285. The van der Waals surface area contributed by atoms with Crippen molar-refractivity contribution in [3.05, 3.63) is 0 Å². The Kier molecular flexibility index (Phi) is 4.77. The first-order chi connectivity index (χ1) is 4.16. The second-order valence-electron chi connectivity index (χ2n) is 1.66. The van der Waals surface area contributed by atoms with Crippen molar-refractivity contribution in [1.82, 2.24) is 0 Å². The van der Waals surface area contributed by atoms with Crippen molar-refractivity contribution in [3.63, 3.8) is 0 Å². The summed E-state index contributed by atoms with van der Waals surface area (Å²) in [7, 11) is 0. The molecule has 54 valence electrons. The van der Waals surface area contributed by atoms with Crippen molar-refractivity contribution < 1.29 is 4.74 Å². The highest BCUT2D eigenvalue weighted by Gasteiger charge is 1.91. The summed E-state index contributed by atoms with van der Waals surface area (Å²) in [5.74, 6) is 0.738. The van der Waals surface area contributed by atoms with Gasteiger partial charge in [-0.15, -0.1) is 0 Å². The molecule has 2 nitrogen and oxygen atoms in total. The fraction of sp³-hybridized carbons (Fsp3) is 0.833. The third-order valence-electron chi connectivity index (χ3n) is 0.713. The van der Waals surface area contributed by atoms with Crippen molar-refractivity contribution in [2.24, 2.45) is 4.99 Å². The molecule has 3 heteroatoms. The van der Waals surface area contributed by atoms with Gasteiger partial charge in [0.1, 0.15) is 4.95 Å². The molecule has 0 saturated carbocycles. The van der Waals surface area contributed by atoms with Gasteiger partial charge in [-0.25, -0.2) is 4.99 Å². The summed E-state index contributed by atoms with van der Waals surface area (Å²) in [6.45, 7) is 6.43. The largest absolute Gasteiger partial charge is 0.481 e. The van der Waals surface area contributed by atoms with Crippen LogP contribution in [-0.4, -0.2) is 17.5 Å². The minimum Gasteiger partial charge on any atom is -0.481 e. The average Bonchev–Trinajstić information content (AvgIpc) is 1.63. The van der Waals surface area contributed by atoms with E-state index in [0.29, 0.717) is 6.61 Å². The lowest BCUT2D eigenvalue weighted by Gasteiger charge is -2.01. The first-order valence-corrected chi connectivity index (χ1v) is 3.89. The number of nitrogens with zero attached hydrogens (tertiary/aromatic N) is 1. The zero-order chi connectivity index (χ0) is 7.28. The van der Waals surface area contributed by atoms with Gasteiger partial charge in [0.25, 0.3) is 0 Å². The average molecular weight is 194 g/mol. The molecule has 0 aliphatic rings. The lowest BCUT2D eigenvalue weighted by molar-refractivity contribution is 0.323. The van der Waals surface area contributed by atoms with E-state index in [1.165, 1.54) is 0 Å². The minimum atomic E-state index is 0.157. The van der Waals surface area contributed by atoms with Crippen LogP contribution in [0, 0.1) is 0 Å². The fourth-order valence-electron chi connectivity index (χ4n) is 0.497. The Hall–Kier alpha value is -0.0500. The summed E-state index contributed by atoms with van der Waals surface area (Å²) < 4.78 is 5.07. The zero-order valence-electron chi connectivity index (χ0n) is 6.02. The Morgan fingerprint density at radius 1 is 1.78 bits per heavy atom. The molecule has 9 heavy (non-hydrogen) atoms. The van der Waals surface area contributed by atoms with Crippen LogP contribution >= 0.6 is 15.9 Å². The number of hydrogen-bond donors (Lipinski definition) is 0. The molecule has 0 saturated heterocycles. The van der Waals surface area contributed by atoms with Gasteiger partial charge in [0.2, 0.25) is 0 Å². The van der Waals surface area contributed by atoms with Gasteiger partial charge in [-0.05, 0) is 13.8 Å². The number of alkyl halides is 1. The van der Waals surface area contributed by atoms with Crippen LogP contribution in [0.1, 0.15) is 20.8 Å². The second kappa shape index (κ2) is 4.79. The summed E-state index contributed by atoms with van der Waals surface area (Å²) in [4.78, 5) is 4.23. The van der Waals surface area contributed by atoms with Crippen molar-refractivity contribution in [1.29, 1.82) is 0 Å². The highest BCUT2D eigenvalue weighted by molar-refractivity contribution is 9.09. The van der Waals surface area contributed by atoms with Gasteiger partial charge in [-0.2, -0.15) is 0 Å². The topological polar surface area (TPSA) is 21.6 Å². The number of halogens is 1. The summed E-state index contributed by atoms with van der Waals surface area (Å²) in [6, 6.07) is 0. The molecule has 0 radical (unpaired) electrons. The van der Waals surface area contributed by atoms with Crippen LogP contribution < -0.4 is 0 Å². The van der Waals surface area contributed by atoms with E-state index in [1.54, 1.807) is 0 Å². The van der Waals surface area contributed by atoms with Crippen LogP contribution in [0.5, 0.6) is 0 Å². The SMILES string of the molecule is CCO/C(C)=N/C(C)Br. The van der Waals surface area contributed by atoms with E-state index in [0.717, 1.165) is 5.90 Å². The molecule has 0 spiro atoms. The Morgan fingerprint density at radius 2 is 2.33 bits per heavy atom. The van der Waals surface area contributed by atoms with Gasteiger partial charge in [-0.1, -0.05) is 15.9 Å². The number of rotatable bonds is 2. The van der Waals surface area contributed by atoms with E-state index in [4.69, 9.17) is 4.74 Å². The van der Waals surface area contributed by atoms with Crippen LogP contribution in [0.2, 0.25) is 0 Å². The van der Waals surface area contributed by atoms with Gasteiger partial charge in [0.05, 0.1) is 6.61 Å². The van der Waals surface area contributed by atoms with Crippen LogP contribution in [0.15, 0.2) is 4.99 Å². The number of ether oxygens (including phenoxy) is 1. The maximum Gasteiger partial charge on any atom is 0.181 e. The van der Waals surface area contributed by atoms with E-state index in [-0.39, 0.29) is 4.95 Å². The molecule has 0 N–H and O–H groups in total. The highest BCUT2D eigenvalue weighted by atomic mass is 79.9. The van der Waals surface area contributed by atoms with E-state index in [2.05, 4.69) is 20.9 Å². The lowest BCUT2D eigenvalue weighted by Crippen LogP contribution is -2.01. The third kappa shape index (κ3) is 5.83. The van der Waals surface area contributed by atoms with Gasteiger partial charge in [0.15, 0.2) is 5.90 Å². The number of aliphatic imine (C=N–C) groups is 1. The molecule has 1 atom stereocenters. The molecule has 0 fully saturated rings. The minimum absolute atomic E-state index is 0.157. The van der Waals surface area contributed by atoms with Crippen molar-refractivity contribution in [2.45, 2.75) is 25.7 Å². The Balaban J connectivity index is 3.55. The first-order valence-electron chi connectivity index (χ1n) is 2.98. The number of hydrogen-bond acceptors (Lipinski definition) is 2. The molecule has 1 unspecified atom stereocenters. The molecular formula is C6H12BrNO. The van der Waals surface area contributed by atoms with Gasteiger partial charge in [-0.3, -0.25) is 0 Å². The molecule has 0 aliphatic heterocycles. The molecule has 0 aromatic rings. The fourth-order valence-corrected chi connectivity index (χ4v) is 0.785. The smallest absolute Gasteiger partial charge is 0.181 e. The van der Waals surface area contributed by atoms with Crippen molar-refractivity contribution in [3.8, 4) is 0 Å². The molecular weight excluding hydrogens is 182 g/mol. The summed E-state index contributed by atoms with van der Waals surface area (Å²) in [5, 5.41) is 0. The van der Waals surface area contributed by atoms with Crippen LogP contribution in [0.4, 0.5) is 0 Å². The standard InChI is InChI=1S/C6H12BrNO/c1-4-9-6(3)8-5(2)7/h5H,4H2,1-3H3/b8-6+. The summed E-state index contributed by atoms with van der Waals surface area (Å²) >= 11 is 3.28. The second-order valence-corrected chi connectivity index (χ2v) is 2.98. The van der Waals surface area contributed by atoms with Crippen molar-refractivity contribution >= 4 is 21.8 Å². The molecule has 0 aromatic carbocycles. The van der Waals surface area contributed by atoms with E-state index >= 15 is 0 Å². The Labute approximate surface area is 64.4 Å². The summed E-state index contributed by atoms with van der Waals surface area (Å²) in [5.41, 5.74) is 0. The van der Waals surface area contributed by atoms with Gasteiger partial charge < -0.3 is 4.74 Å². The van der Waals surface area contributed by atoms with Crippen LogP contribution in [0.3, 0.4) is 0 Å². The first kappa shape index (κ1) is 8.95. The van der Waals surface area contributed by atoms with Gasteiger partial charge >= 0.3 is 0 Å². The van der Waals surface area contributed by atoms with E-state index < -0.39 is 0 Å². The predicted molar refractivity (Wildman–Crippen MR) is 43.1 cm³/mol. The molecule has 0 aliphatic carbocycles. The van der Waals surface area contributed by atoms with Crippen LogP contribution in [-0.2, 0) is 4.74 Å². The molecule has 0 bridgehead atoms. The summed E-state index contributed by atoms with van der Waals surface area (Å²) in [6.07, 6.45) is 0. The monoisotopic (exact) mass is 193 g/mol. The lowest BCUT2D eigenvalue weighted by atomic mass is 10.7. The normalized spacial score (nSPS) is 15.3. The van der Waals surface area contributed by atoms with E-state index in [1.807, 2.05) is 20.8 Å². The maximum atomic E-state index is 5.07. The van der Waals surface area contributed by atoms with E-state index in [9.17, 15) is 0 Å². The Morgan fingerprint density at radius 3 is 2.67 bits per heavy atom. The predicted octanol–water partition coefficient (Wildman–Crippen LogP) is 2.18. The van der Waals surface area contributed by atoms with Crippen LogP contribution in [0.25, 0.3) is 0 Å². The Bertz CT molecular complexity index is 101.